The van der Waals surface area contributed by atoms with Crippen LogP contribution in [0.1, 0.15) is 17.3 Å². The minimum atomic E-state index is -1.16. The van der Waals surface area contributed by atoms with Gasteiger partial charge in [-0.2, -0.15) is 0 Å². The van der Waals surface area contributed by atoms with Crippen LogP contribution >= 0.6 is 22.6 Å². The lowest BCUT2D eigenvalue weighted by molar-refractivity contribution is 0.0519. The summed E-state index contributed by atoms with van der Waals surface area (Å²) in [6.07, 6.45) is 0. The summed E-state index contributed by atoms with van der Waals surface area (Å²) in [6.45, 7) is 1.73. The Balaban J connectivity index is 3.13. The lowest BCUT2D eigenvalue weighted by Gasteiger charge is -2.04. The van der Waals surface area contributed by atoms with Gasteiger partial charge in [-0.15, -0.1) is 0 Å². The molecular formula is C9H7F2IO2. The second-order valence-electron chi connectivity index (χ2n) is 2.47. The first kappa shape index (κ1) is 11.4. The molecule has 0 aliphatic carbocycles. The van der Waals surface area contributed by atoms with Gasteiger partial charge in [0.1, 0.15) is 0 Å². The van der Waals surface area contributed by atoms with E-state index in [0.29, 0.717) is 3.57 Å². The lowest BCUT2D eigenvalue weighted by Crippen LogP contribution is -2.09. The van der Waals surface area contributed by atoms with Crippen LogP contribution in [-0.4, -0.2) is 12.6 Å². The van der Waals surface area contributed by atoms with Gasteiger partial charge in [0.15, 0.2) is 11.6 Å². The fourth-order valence-corrected chi connectivity index (χ4v) is 1.50. The van der Waals surface area contributed by atoms with Crippen LogP contribution in [0, 0.1) is 15.2 Å². The second-order valence-corrected chi connectivity index (χ2v) is 3.72. The topological polar surface area (TPSA) is 26.3 Å². The molecule has 0 N–H and O–H groups in total. The number of rotatable bonds is 2. The van der Waals surface area contributed by atoms with Gasteiger partial charge in [-0.1, -0.05) is 0 Å². The van der Waals surface area contributed by atoms with Crippen molar-refractivity contribution in [3.63, 3.8) is 0 Å². The van der Waals surface area contributed by atoms with Crippen molar-refractivity contribution in [3.8, 4) is 0 Å². The van der Waals surface area contributed by atoms with Gasteiger partial charge in [0.05, 0.1) is 12.2 Å². The van der Waals surface area contributed by atoms with Gasteiger partial charge in [0.25, 0.3) is 0 Å². The molecule has 0 atom stereocenters. The van der Waals surface area contributed by atoms with E-state index in [9.17, 15) is 13.6 Å². The molecule has 14 heavy (non-hydrogen) atoms. The van der Waals surface area contributed by atoms with E-state index in [-0.39, 0.29) is 12.2 Å². The van der Waals surface area contributed by atoms with Crippen LogP contribution in [0.2, 0.25) is 0 Å². The van der Waals surface area contributed by atoms with E-state index in [4.69, 9.17) is 0 Å². The van der Waals surface area contributed by atoms with Crippen molar-refractivity contribution in [1.29, 1.82) is 0 Å². The molecule has 0 unspecified atom stereocenters. The molecule has 76 valence electrons. The highest BCUT2D eigenvalue weighted by Gasteiger charge is 2.17. The number of carbonyl (C=O) groups excluding carboxylic acids is 1. The van der Waals surface area contributed by atoms with Crippen LogP contribution < -0.4 is 0 Å². The molecule has 5 heteroatoms. The van der Waals surface area contributed by atoms with Gasteiger partial charge in [0.2, 0.25) is 0 Å². The zero-order chi connectivity index (χ0) is 10.7. The third-order valence-electron chi connectivity index (χ3n) is 1.49. The summed E-state index contributed by atoms with van der Waals surface area (Å²) in [5.41, 5.74) is -0.365. The average Bonchev–Trinajstić information content (AvgIpc) is 2.11. The van der Waals surface area contributed by atoms with Crippen molar-refractivity contribution in [1.82, 2.24) is 0 Å². The third-order valence-corrected chi connectivity index (χ3v) is 2.11. The van der Waals surface area contributed by atoms with Gasteiger partial charge < -0.3 is 4.74 Å². The summed E-state index contributed by atoms with van der Waals surface area (Å²) in [5, 5.41) is 0. The molecule has 0 radical (unpaired) electrons. The lowest BCUT2D eigenvalue weighted by atomic mass is 10.2. The monoisotopic (exact) mass is 312 g/mol. The molecule has 1 aromatic carbocycles. The minimum absolute atomic E-state index is 0.130. The normalized spacial score (nSPS) is 10.0. The molecule has 0 fully saturated rings. The maximum absolute atomic E-state index is 13.1. The van der Waals surface area contributed by atoms with Crippen LogP contribution in [0.15, 0.2) is 12.1 Å². The molecule has 0 amide bonds. The first-order valence-corrected chi connectivity index (χ1v) is 4.95. The van der Waals surface area contributed by atoms with Crippen molar-refractivity contribution >= 4 is 28.6 Å². The van der Waals surface area contributed by atoms with Gasteiger partial charge in [0, 0.05) is 3.57 Å². The highest BCUT2D eigenvalue weighted by atomic mass is 127. The van der Waals surface area contributed by atoms with Crippen molar-refractivity contribution < 1.29 is 18.3 Å². The molecule has 0 bridgehead atoms. The standard InChI is InChI=1S/C9H7F2IO2/c1-2-14-9(13)6-3-5(12)4-7(10)8(6)11/h3-4H,2H2,1H3. The first-order chi connectivity index (χ1) is 6.56. The summed E-state index contributed by atoms with van der Waals surface area (Å²) in [7, 11) is 0. The zero-order valence-electron chi connectivity index (χ0n) is 7.31. The van der Waals surface area contributed by atoms with E-state index < -0.39 is 17.6 Å². The van der Waals surface area contributed by atoms with Crippen LogP contribution in [0.25, 0.3) is 0 Å². The zero-order valence-corrected chi connectivity index (χ0v) is 9.47. The van der Waals surface area contributed by atoms with Gasteiger partial charge in [-0.05, 0) is 41.6 Å². The van der Waals surface area contributed by atoms with E-state index in [1.54, 1.807) is 29.5 Å². The minimum Gasteiger partial charge on any atom is -0.462 e. The average molecular weight is 312 g/mol. The molecule has 0 aromatic heterocycles. The van der Waals surface area contributed by atoms with Crippen LogP contribution in [0.5, 0.6) is 0 Å². The summed E-state index contributed by atoms with van der Waals surface area (Å²) in [5.74, 6) is -3.05. The van der Waals surface area contributed by atoms with Crippen molar-refractivity contribution in [2.75, 3.05) is 6.61 Å². The SMILES string of the molecule is CCOC(=O)c1cc(I)cc(F)c1F. The molecule has 1 aromatic rings. The predicted octanol–water partition coefficient (Wildman–Crippen LogP) is 2.75. The van der Waals surface area contributed by atoms with E-state index in [1.807, 2.05) is 0 Å². The van der Waals surface area contributed by atoms with Gasteiger partial charge >= 0.3 is 5.97 Å². The Morgan fingerprint density at radius 3 is 2.71 bits per heavy atom. The van der Waals surface area contributed by atoms with Crippen molar-refractivity contribution in [3.05, 3.63) is 32.9 Å². The molecule has 0 saturated carbocycles. The molecule has 0 aliphatic heterocycles. The smallest absolute Gasteiger partial charge is 0.341 e. The third kappa shape index (κ3) is 2.40. The number of hydrogen-bond donors (Lipinski definition) is 0. The van der Waals surface area contributed by atoms with E-state index in [1.165, 1.54) is 6.07 Å². The molecule has 0 aliphatic rings. The van der Waals surface area contributed by atoms with E-state index >= 15 is 0 Å². The predicted molar refractivity (Wildman–Crippen MR) is 55.0 cm³/mol. The van der Waals surface area contributed by atoms with E-state index in [2.05, 4.69) is 4.74 Å². The number of hydrogen-bond acceptors (Lipinski definition) is 2. The van der Waals surface area contributed by atoms with Gasteiger partial charge in [-0.3, -0.25) is 0 Å². The highest BCUT2D eigenvalue weighted by molar-refractivity contribution is 14.1. The Labute approximate surface area is 93.4 Å². The summed E-state index contributed by atoms with van der Waals surface area (Å²) in [6, 6.07) is 2.26. The molecule has 1 rings (SSSR count). The van der Waals surface area contributed by atoms with Crippen molar-refractivity contribution in [2.45, 2.75) is 6.92 Å². The van der Waals surface area contributed by atoms with Crippen LogP contribution in [0.3, 0.4) is 0 Å². The maximum Gasteiger partial charge on any atom is 0.341 e. The quantitative estimate of drug-likeness (QED) is 0.477. The number of carbonyl (C=O) groups is 1. The Kier molecular flexibility index (Phi) is 3.79. The molecule has 2 nitrogen and oxygen atoms in total. The van der Waals surface area contributed by atoms with Crippen LogP contribution in [0.4, 0.5) is 8.78 Å². The number of esters is 1. The Morgan fingerprint density at radius 1 is 1.50 bits per heavy atom. The number of halogens is 3. The summed E-state index contributed by atoms with van der Waals surface area (Å²) in [4.78, 5) is 11.1. The van der Waals surface area contributed by atoms with Crippen molar-refractivity contribution in [2.24, 2.45) is 0 Å². The summed E-state index contributed by atoms with van der Waals surface area (Å²) >= 11 is 1.80. The second kappa shape index (κ2) is 4.68. The first-order valence-electron chi connectivity index (χ1n) is 3.88. The van der Waals surface area contributed by atoms with Gasteiger partial charge in [-0.25, -0.2) is 13.6 Å². The summed E-state index contributed by atoms with van der Waals surface area (Å²) < 4.78 is 30.9. The number of benzene rings is 1. The van der Waals surface area contributed by atoms with Crippen LogP contribution in [-0.2, 0) is 4.74 Å². The Hall–Kier alpha value is -0.720. The molecular weight excluding hydrogens is 305 g/mol. The van der Waals surface area contributed by atoms with E-state index in [0.717, 1.165) is 6.07 Å². The molecule has 0 heterocycles. The fourth-order valence-electron chi connectivity index (χ4n) is 0.913. The number of ether oxygens (including phenoxy) is 1. The fraction of sp³-hybridized carbons (Fsp3) is 0.222. The maximum atomic E-state index is 13.1. The Bertz CT molecular complexity index is 366. The highest BCUT2D eigenvalue weighted by Crippen LogP contribution is 2.17. The molecule has 0 saturated heterocycles. The largest absolute Gasteiger partial charge is 0.462 e. The molecule has 0 spiro atoms. The Morgan fingerprint density at radius 2 is 2.14 bits per heavy atom.